The van der Waals surface area contributed by atoms with Gasteiger partial charge in [-0.05, 0) is 60.9 Å². The topological polar surface area (TPSA) is 95.9 Å². The summed E-state index contributed by atoms with van der Waals surface area (Å²) in [6.07, 6.45) is 1.79. The van der Waals surface area contributed by atoms with E-state index in [1.165, 1.54) is 18.4 Å². The van der Waals surface area contributed by atoms with Crippen molar-refractivity contribution in [3.63, 3.8) is 0 Å². The molecule has 4 aromatic rings. The van der Waals surface area contributed by atoms with Crippen molar-refractivity contribution in [2.45, 2.75) is 13.8 Å². The maximum Gasteiger partial charge on any atom is 0.274 e. The van der Waals surface area contributed by atoms with E-state index in [9.17, 15) is 9.59 Å². The number of carbonyl (C=O) groups is 1. The molecule has 0 spiro atoms. The molecule has 148 valence electrons. The van der Waals surface area contributed by atoms with E-state index in [1.807, 2.05) is 26.0 Å². The molecule has 0 aliphatic rings. The van der Waals surface area contributed by atoms with Gasteiger partial charge in [0.15, 0.2) is 23.1 Å². The fourth-order valence-corrected chi connectivity index (χ4v) is 4.10. The first kappa shape index (κ1) is 18.9. The van der Waals surface area contributed by atoms with Crippen molar-refractivity contribution in [3.05, 3.63) is 61.9 Å². The lowest BCUT2D eigenvalue weighted by molar-refractivity contribution is -0.119. The fraction of sp³-hybridized carbons (Fsp3) is 0.190. The Kier molecular flexibility index (Phi) is 4.71. The van der Waals surface area contributed by atoms with Gasteiger partial charge >= 0.3 is 0 Å². The van der Waals surface area contributed by atoms with Crippen LogP contribution in [0.4, 0.5) is 0 Å². The van der Waals surface area contributed by atoms with Crippen molar-refractivity contribution in [3.8, 4) is 11.5 Å². The van der Waals surface area contributed by atoms with E-state index in [0.29, 0.717) is 21.0 Å². The largest absolute Gasteiger partial charge is 0.493 e. The molecule has 0 bridgehead atoms. The van der Waals surface area contributed by atoms with E-state index in [-0.39, 0.29) is 12.2 Å². The van der Waals surface area contributed by atoms with Crippen LogP contribution in [0.15, 0.2) is 35.1 Å². The standard InChI is InChI=1S/C21H19N3O4S/c1-11-6-14-15(7-12(11)2)24-20(26)18(29-21(24)23-14)9-13-4-5-16(17(8-13)27-3)28-10-19(22)25/h4-9H,10H2,1-3H3,(H2,22,25). The summed E-state index contributed by atoms with van der Waals surface area (Å²) in [6.45, 7) is 3.81. The molecular weight excluding hydrogens is 390 g/mol. The zero-order chi connectivity index (χ0) is 20.7. The number of imidazole rings is 1. The number of nitrogens with zero attached hydrogens (tertiary/aromatic N) is 2. The minimum Gasteiger partial charge on any atom is -0.493 e. The van der Waals surface area contributed by atoms with E-state index in [0.717, 1.165) is 27.7 Å². The highest BCUT2D eigenvalue weighted by Crippen LogP contribution is 2.28. The van der Waals surface area contributed by atoms with Crippen LogP contribution in [-0.2, 0) is 4.79 Å². The molecule has 7 nitrogen and oxygen atoms in total. The van der Waals surface area contributed by atoms with Gasteiger partial charge in [-0.3, -0.25) is 9.59 Å². The average molecular weight is 409 g/mol. The molecule has 0 saturated heterocycles. The number of hydrogen-bond donors (Lipinski definition) is 1. The number of carbonyl (C=O) groups excluding carboxylic acids is 1. The van der Waals surface area contributed by atoms with Gasteiger partial charge in [-0.1, -0.05) is 17.4 Å². The Hall–Kier alpha value is -3.39. The zero-order valence-electron chi connectivity index (χ0n) is 16.2. The summed E-state index contributed by atoms with van der Waals surface area (Å²) in [6, 6.07) is 9.20. The minimum absolute atomic E-state index is 0.108. The summed E-state index contributed by atoms with van der Waals surface area (Å²) in [5.74, 6) is 0.284. The predicted molar refractivity (Wildman–Crippen MR) is 113 cm³/mol. The molecule has 2 N–H and O–H groups in total. The summed E-state index contributed by atoms with van der Waals surface area (Å²) in [7, 11) is 1.50. The summed E-state index contributed by atoms with van der Waals surface area (Å²) >= 11 is 1.34. The van der Waals surface area contributed by atoms with Crippen molar-refractivity contribution in [2.75, 3.05) is 13.7 Å². The molecular formula is C21H19N3O4S. The Morgan fingerprint density at radius 3 is 2.69 bits per heavy atom. The Balaban J connectivity index is 1.80. The van der Waals surface area contributed by atoms with E-state index in [4.69, 9.17) is 15.2 Å². The molecule has 0 fully saturated rings. The summed E-state index contributed by atoms with van der Waals surface area (Å²) < 4.78 is 12.9. The quantitative estimate of drug-likeness (QED) is 0.544. The van der Waals surface area contributed by atoms with Gasteiger partial charge in [-0.2, -0.15) is 0 Å². The number of nitrogens with two attached hydrogens (primary N) is 1. The highest BCUT2D eigenvalue weighted by atomic mass is 32.1. The van der Waals surface area contributed by atoms with Gasteiger partial charge in [0.05, 0.1) is 22.7 Å². The van der Waals surface area contributed by atoms with Gasteiger partial charge in [-0.15, -0.1) is 0 Å². The van der Waals surface area contributed by atoms with Crippen LogP contribution in [0.5, 0.6) is 11.5 Å². The molecule has 4 rings (SSSR count). The van der Waals surface area contributed by atoms with Gasteiger partial charge in [0.25, 0.3) is 11.5 Å². The monoisotopic (exact) mass is 409 g/mol. The molecule has 2 aromatic heterocycles. The molecule has 2 heterocycles. The highest BCUT2D eigenvalue weighted by Gasteiger charge is 2.13. The normalized spacial score (nSPS) is 12.0. The second-order valence-electron chi connectivity index (χ2n) is 6.74. The van der Waals surface area contributed by atoms with E-state index >= 15 is 0 Å². The van der Waals surface area contributed by atoms with Crippen molar-refractivity contribution in [1.29, 1.82) is 0 Å². The molecule has 0 aliphatic carbocycles. The molecule has 1 amide bonds. The third-order valence-corrected chi connectivity index (χ3v) is 5.68. The molecule has 0 atom stereocenters. The maximum atomic E-state index is 13.0. The van der Waals surface area contributed by atoms with Crippen LogP contribution in [0.1, 0.15) is 16.7 Å². The number of benzene rings is 2. The fourth-order valence-electron chi connectivity index (χ4n) is 3.11. The second kappa shape index (κ2) is 7.21. The smallest absolute Gasteiger partial charge is 0.274 e. The van der Waals surface area contributed by atoms with Gasteiger partial charge in [0, 0.05) is 0 Å². The van der Waals surface area contributed by atoms with Gasteiger partial charge in [-0.25, -0.2) is 9.38 Å². The first-order valence-corrected chi connectivity index (χ1v) is 9.72. The van der Waals surface area contributed by atoms with Crippen molar-refractivity contribution in [2.24, 2.45) is 5.73 Å². The number of rotatable bonds is 5. The van der Waals surface area contributed by atoms with E-state index in [2.05, 4.69) is 4.98 Å². The van der Waals surface area contributed by atoms with Crippen LogP contribution in [-0.4, -0.2) is 29.0 Å². The molecule has 0 aliphatic heterocycles. The van der Waals surface area contributed by atoms with E-state index in [1.54, 1.807) is 28.7 Å². The first-order chi connectivity index (χ1) is 13.9. The summed E-state index contributed by atoms with van der Waals surface area (Å²) in [5, 5.41) is 0. The predicted octanol–water partition coefficient (Wildman–Crippen LogP) is 1.95. The van der Waals surface area contributed by atoms with Gasteiger partial charge in [0.1, 0.15) is 0 Å². The van der Waals surface area contributed by atoms with Crippen molar-refractivity contribution < 1.29 is 14.3 Å². The third-order valence-electron chi connectivity index (χ3n) is 4.71. The van der Waals surface area contributed by atoms with Crippen molar-refractivity contribution >= 4 is 39.3 Å². The number of primary amides is 1. The lowest BCUT2D eigenvalue weighted by atomic mass is 10.1. The first-order valence-electron chi connectivity index (χ1n) is 8.90. The van der Waals surface area contributed by atoms with Crippen LogP contribution >= 0.6 is 11.3 Å². The van der Waals surface area contributed by atoms with Crippen LogP contribution in [0.3, 0.4) is 0 Å². The Morgan fingerprint density at radius 2 is 1.97 bits per heavy atom. The summed E-state index contributed by atoms with van der Waals surface area (Å²) in [5.41, 5.74) is 9.67. The number of thiazole rings is 1. The number of fused-ring (bicyclic) bond motifs is 3. The molecule has 2 aromatic carbocycles. The van der Waals surface area contributed by atoms with Gasteiger partial charge < -0.3 is 15.2 Å². The Bertz CT molecular complexity index is 1370. The number of aromatic nitrogens is 2. The Morgan fingerprint density at radius 1 is 1.21 bits per heavy atom. The third kappa shape index (κ3) is 3.42. The number of methoxy groups -OCH3 is 1. The van der Waals surface area contributed by atoms with Crippen LogP contribution in [0.2, 0.25) is 0 Å². The highest BCUT2D eigenvalue weighted by molar-refractivity contribution is 7.15. The SMILES string of the molecule is COc1cc(C=c2sc3nc4cc(C)c(C)cc4n3c2=O)ccc1OCC(N)=O. The molecule has 8 heteroatoms. The molecule has 29 heavy (non-hydrogen) atoms. The lowest BCUT2D eigenvalue weighted by Gasteiger charge is -2.09. The van der Waals surface area contributed by atoms with Crippen LogP contribution in [0, 0.1) is 13.8 Å². The molecule has 0 saturated carbocycles. The number of aryl methyl sites for hydroxylation is 2. The van der Waals surface area contributed by atoms with E-state index < -0.39 is 5.91 Å². The van der Waals surface area contributed by atoms with Crippen LogP contribution in [0.25, 0.3) is 22.1 Å². The number of hydrogen-bond acceptors (Lipinski definition) is 6. The number of ether oxygens (including phenoxy) is 2. The lowest BCUT2D eigenvalue weighted by Crippen LogP contribution is -2.22. The van der Waals surface area contributed by atoms with Crippen LogP contribution < -0.4 is 25.3 Å². The minimum atomic E-state index is -0.571. The Labute approximate surface area is 170 Å². The van der Waals surface area contributed by atoms with Crippen molar-refractivity contribution in [1.82, 2.24) is 9.38 Å². The average Bonchev–Trinajstić information content (AvgIpc) is 3.17. The summed E-state index contributed by atoms with van der Waals surface area (Å²) in [4.78, 5) is 29.2. The molecule has 0 unspecified atom stereocenters. The second-order valence-corrected chi connectivity index (χ2v) is 7.75. The van der Waals surface area contributed by atoms with Gasteiger partial charge in [0.2, 0.25) is 0 Å². The maximum absolute atomic E-state index is 13.0. The molecule has 0 radical (unpaired) electrons. The zero-order valence-corrected chi connectivity index (χ0v) is 17.0. The number of amides is 1.